The molecule has 192 valence electrons. The molecule has 3 amide bonds. The number of carbonyl (C=O) groups is 3. The Balaban J connectivity index is 1.29. The van der Waals surface area contributed by atoms with E-state index < -0.39 is 11.3 Å². The molecule has 4 aromatic carbocycles. The van der Waals surface area contributed by atoms with E-state index in [2.05, 4.69) is 29.6 Å². The summed E-state index contributed by atoms with van der Waals surface area (Å²) in [5.74, 6) is -1.73. The van der Waals surface area contributed by atoms with Gasteiger partial charge in [0.05, 0.1) is 17.0 Å². The topological polar surface area (TPSA) is 66.5 Å². The highest BCUT2D eigenvalue weighted by Crippen LogP contribution is 2.67. The molecule has 5 nitrogen and oxygen atoms in total. The van der Waals surface area contributed by atoms with Crippen LogP contribution in [0.2, 0.25) is 5.02 Å². The number of nitrogens with zero attached hydrogens (tertiary/aromatic N) is 1. The first-order valence-corrected chi connectivity index (χ1v) is 13.4. The third-order valence-corrected chi connectivity index (χ3v) is 9.31. The maximum atomic E-state index is 14.3. The van der Waals surface area contributed by atoms with Gasteiger partial charge in [-0.25, -0.2) is 4.90 Å². The van der Waals surface area contributed by atoms with Crippen molar-refractivity contribution in [3.05, 3.63) is 129 Å². The van der Waals surface area contributed by atoms with Crippen LogP contribution in [-0.2, 0) is 9.59 Å². The number of anilines is 2. The molecule has 0 unspecified atom stereocenters. The molecule has 1 saturated heterocycles. The highest BCUT2D eigenvalue weighted by molar-refractivity contribution is 6.32. The van der Waals surface area contributed by atoms with E-state index in [1.165, 1.54) is 4.90 Å². The van der Waals surface area contributed by atoms with Crippen molar-refractivity contribution in [1.29, 1.82) is 0 Å². The lowest BCUT2D eigenvalue weighted by molar-refractivity contribution is -0.128. The highest BCUT2D eigenvalue weighted by Gasteiger charge is 2.68. The van der Waals surface area contributed by atoms with E-state index in [-0.39, 0.29) is 29.6 Å². The van der Waals surface area contributed by atoms with Gasteiger partial charge < -0.3 is 5.32 Å². The van der Waals surface area contributed by atoms with Crippen molar-refractivity contribution in [3.8, 4) is 0 Å². The minimum Gasteiger partial charge on any atom is -0.322 e. The normalized spacial score (nSPS) is 24.3. The summed E-state index contributed by atoms with van der Waals surface area (Å²) in [7, 11) is 0. The van der Waals surface area contributed by atoms with E-state index in [9.17, 15) is 14.4 Å². The van der Waals surface area contributed by atoms with Gasteiger partial charge in [0.15, 0.2) is 0 Å². The third-order valence-electron chi connectivity index (χ3n) is 8.90. The van der Waals surface area contributed by atoms with Crippen LogP contribution in [0.5, 0.6) is 0 Å². The van der Waals surface area contributed by atoms with Crippen LogP contribution >= 0.6 is 11.6 Å². The van der Waals surface area contributed by atoms with Gasteiger partial charge in [-0.1, -0.05) is 72.3 Å². The Hall–Kier alpha value is -4.22. The number of halogens is 1. The number of rotatable bonds is 3. The summed E-state index contributed by atoms with van der Waals surface area (Å²) in [6.07, 6.45) is 0. The standard InChI is InChI=1S/C33H25ClN2O3/c1-18-25(34)15-8-16-26(18)35-30(37)19-9-7-10-20(17-19)36-31(38)29-27-21-11-3-5-13-23(21)28(33(29,2)32(36)39)24-14-6-4-12-22(24)27/h3-17,27-29H,1-2H3,(H,35,37)/t27?,28?,29-,33+/m0/s1. The van der Waals surface area contributed by atoms with Crippen LogP contribution in [0.3, 0.4) is 0 Å². The van der Waals surface area contributed by atoms with E-state index in [1.54, 1.807) is 42.5 Å². The first-order valence-electron chi connectivity index (χ1n) is 13.0. The van der Waals surface area contributed by atoms with E-state index in [0.717, 1.165) is 27.8 Å². The summed E-state index contributed by atoms with van der Waals surface area (Å²) in [6, 6.07) is 28.4. The van der Waals surface area contributed by atoms with Gasteiger partial charge in [0.1, 0.15) is 0 Å². The average molecular weight is 533 g/mol. The highest BCUT2D eigenvalue weighted by atomic mass is 35.5. The molecule has 6 heteroatoms. The zero-order chi connectivity index (χ0) is 27.1. The van der Waals surface area contributed by atoms with Crippen molar-refractivity contribution < 1.29 is 14.4 Å². The molecule has 2 bridgehead atoms. The summed E-state index contributed by atoms with van der Waals surface area (Å²) in [5, 5.41) is 3.46. The van der Waals surface area contributed by atoms with Crippen LogP contribution in [0.1, 0.15) is 56.9 Å². The van der Waals surface area contributed by atoms with Gasteiger partial charge in [-0.2, -0.15) is 0 Å². The zero-order valence-corrected chi connectivity index (χ0v) is 22.2. The predicted octanol–water partition coefficient (Wildman–Crippen LogP) is 6.69. The van der Waals surface area contributed by atoms with E-state index in [0.29, 0.717) is 22.0 Å². The molecule has 0 spiro atoms. The monoisotopic (exact) mass is 532 g/mol. The molecule has 2 atom stereocenters. The minimum atomic E-state index is -0.930. The summed E-state index contributed by atoms with van der Waals surface area (Å²) in [6.45, 7) is 3.78. The average Bonchev–Trinajstić information content (AvgIpc) is 3.16. The van der Waals surface area contributed by atoms with Crippen LogP contribution < -0.4 is 10.2 Å². The predicted molar refractivity (Wildman–Crippen MR) is 151 cm³/mol. The molecule has 3 aliphatic carbocycles. The van der Waals surface area contributed by atoms with Crippen molar-refractivity contribution in [2.45, 2.75) is 25.7 Å². The molecule has 4 aliphatic rings. The van der Waals surface area contributed by atoms with Crippen LogP contribution in [-0.4, -0.2) is 17.7 Å². The number of carbonyl (C=O) groups excluding carboxylic acids is 3. The summed E-state index contributed by atoms with van der Waals surface area (Å²) in [5.41, 5.74) is 5.68. The fraction of sp³-hybridized carbons (Fsp3) is 0.182. The van der Waals surface area contributed by atoms with Crippen LogP contribution in [0, 0.1) is 18.3 Å². The van der Waals surface area contributed by atoms with E-state index in [1.807, 2.05) is 38.1 Å². The second-order valence-electron chi connectivity index (χ2n) is 10.8. The van der Waals surface area contributed by atoms with Gasteiger partial charge in [-0.05, 0) is 72.0 Å². The van der Waals surface area contributed by atoms with Crippen LogP contribution in [0.4, 0.5) is 11.4 Å². The molecule has 8 rings (SSSR count). The van der Waals surface area contributed by atoms with Gasteiger partial charge in [-0.3, -0.25) is 14.4 Å². The number of nitrogens with one attached hydrogen (secondary N) is 1. The van der Waals surface area contributed by atoms with Crippen molar-refractivity contribution in [3.63, 3.8) is 0 Å². The van der Waals surface area contributed by atoms with Crippen molar-refractivity contribution in [1.82, 2.24) is 0 Å². The molecule has 1 aliphatic heterocycles. The SMILES string of the molecule is Cc1c(Cl)cccc1NC(=O)c1cccc(N2C(=O)[C@@H]3C4c5ccccc5C(c5ccccc54)[C@@]3(C)C2=O)c1. The fourth-order valence-corrected chi connectivity index (χ4v) is 7.26. The smallest absolute Gasteiger partial charge is 0.255 e. The maximum absolute atomic E-state index is 14.3. The van der Waals surface area contributed by atoms with Crippen molar-refractivity contribution in [2.75, 3.05) is 10.2 Å². The second kappa shape index (κ2) is 8.39. The first kappa shape index (κ1) is 23.9. The van der Waals surface area contributed by atoms with Gasteiger partial charge in [0, 0.05) is 28.1 Å². The molecule has 0 radical (unpaired) electrons. The summed E-state index contributed by atoms with van der Waals surface area (Å²) in [4.78, 5) is 43.0. The van der Waals surface area contributed by atoms with Gasteiger partial charge in [0.2, 0.25) is 11.8 Å². The van der Waals surface area contributed by atoms with Crippen LogP contribution in [0.15, 0.2) is 91.0 Å². The van der Waals surface area contributed by atoms with E-state index in [4.69, 9.17) is 11.6 Å². The molecule has 4 aromatic rings. The molecule has 1 fully saturated rings. The first-order chi connectivity index (χ1) is 18.8. The molecule has 1 heterocycles. The number of hydrogen-bond donors (Lipinski definition) is 1. The lowest BCUT2D eigenvalue weighted by Gasteiger charge is -2.51. The quantitative estimate of drug-likeness (QED) is 0.299. The number of imide groups is 1. The Morgan fingerprint density at radius 2 is 1.46 bits per heavy atom. The number of benzene rings is 4. The maximum Gasteiger partial charge on any atom is 0.255 e. The lowest BCUT2D eigenvalue weighted by atomic mass is 9.48. The van der Waals surface area contributed by atoms with Crippen molar-refractivity contribution in [2.24, 2.45) is 11.3 Å². The Morgan fingerprint density at radius 3 is 2.13 bits per heavy atom. The third kappa shape index (κ3) is 3.17. The minimum absolute atomic E-state index is 0.203. The molecule has 1 N–H and O–H groups in total. The van der Waals surface area contributed by atoms with Gasteiger partial charge in [-0.15, -0.1) is 0 Å². The lowest BCUT2D eigenvalue weighted by Crippen LogP contribution is -2.49. The Labute approximate surface area is 231 Å². The summed E-state index contributed by atoms with van der Waals surface area (Å²) >= 11 is 6.22. The van der Waals surface area contributed by atoms with Crippen LogP contribution in [0.25, 0.3) is 0 Å². The van der Waals surface area contributed by atoms with E-state index >= 15 is 0 Å². The Kier molecular flexibility index (Phi) is 5.13. The Bertz CT molecular complexity index is 1680. The second-order valence-corrected chi connectivity index (χ2v) is 11.2. The fourth-order valence-electron chi connectivity index (χ4n) is 7.08. The Morgan fingerprint density at radius 1 is 0.846 bits per heavy atom. The molecule has 0 saturated carbocycles. The number of amides is 3. The summed E-state index contributed by atoms with van der Waals surface area (Å²) < 4.78 is 0. The van der Waals surface area contributed by atoms with Gasteiger partial charge >= 0.3 is 0 Å². The zero-order valence-electron chi connectivity index (χ0n) is 21.4. The molecule has 39 heavy (non-hydrogen) atoms. The molecular weight excluding hydrogens is 508 g/mol. The largest absolute Gasteiger partial charge is 0.322 e. The van der Waals surface area contributed by atoms with Gasteiger partial charge in [0.25, 0.3) is 5.91 Å². The molecular formula is C33H25ClN2O3. The molecule has 0 aromatic heterocycles. The number of hydrogen-bond acceptors (Lipinski definition) is 3. The van der Waals surface area contributed by atoms with Crippen molar-refractivity contribution >= 4 is 40.7 Å².